The summed E-state index contributed by atoms with van der Waals surface area (Å²) in [5.41, 5.74) is 2.89. The predicted molar refractivity (Wildman–Crippen MR) is 88.9 cm³/mol. The predicted octanol–water partition coefficient (Wildman–Crippen LogP) is 2.91. The van der Waals surface area contributed by atoms with Crippen LogP contribution in [0.15, 0.2) is 54.6 Å². The maximum atomic E-state index is 12.6. The minimum Gasteiger partial charge on any atom is -0.383 e. The van der Waals surface area contributed by atoms with Gasteiger partial charge in [-0.25, -0.2) is 0 Å². The van der Waals surface area contributed by atoms with Gasteiger partial charge in [0.2, 0.25) is 5.91 Å². The van der Waals surface area contributed by atoms with Gasteiger partial charge in [0.15, 0.2) is 0 Å². The number of amides is 1. The molecule has 0 unspecified atom stereocenters. The number of nitrogens with one attached hydrogen (secondary N) is 2. The highest BCUT2D eigenvalue weighted by Gasteiger charge is 2.19. The van der Waals surface area contributed by atoms with Gasteiger partial charge in [0.05, 0.1) is 6.61 Å². The zero-order chi connectivity index (χ0) is 15.8. The molecule has 0 bridgehead atoms. The number of anilines is 1. The molecule has 0 saturated carbocycles. The fourth-order valence-electron chi connectivity index (χ4n) is 2.16. The lowest BCUT2D eigenvalue weighted by atomic mass is 10.1. The summed E-state index contributed by atoms with van der Waals surface area (Å²) in [5.74, 6) is -0.0776. The lowest BCUT2D eigenvalue weighted by Crippen LogP contribution is -2.34. The SMILES string of the molecule is COCCN[C@H](C(=O)Nc1ccc(C)cc1)c1ccccc1. The maximum absolute atomic E-state index is 12.6. The Morgan fingerprint density at radius 2 is 1.77 bits per heavy atom. The number of methoxy groups -OCH3 is 1. The second kappa shape index (κ2) is 8.32. The van der Waals surface area contributed by atoms with Crippen LogP contribution in [-0.2, 0) is 9.53 Å². The Kier molecular flexibility index (Phi) is 6.13. The van der Waals surface area contributed by atoms with Gasteiger partial charge in [-0.2, -0.15) is 0 Å². The first kappa shape index (κ1) is 16.2. The highest BCUT2D eigenvalue weighted by atomic mass is 16.5. The van der Waals surface area contributed by atoms with Crippen molar-refractivity contribution in [3.8, 4) is 0 Å². The van der Waals surface area contributed by atoms with Gasteiger partial charge in [0.1, 0.15) is 6.04 Å². The number of carbonyl (C=O) groups is 1. The van der Waals surface area contributed by atoms with E-state index < -0.39 is 6.04 Å². The number of hydrogen-bond donors (Lipinski definition) is 2. The van der Waals surface area contributed by atoms with Gasteiger partial charge in [-0.1, -0.05) is 48.0 Å². The second-order valence-corrected chi connectivity index (χ2v) is 5.15. The number of ether oxygens (including phenoxy) is 1. The minimum atomic E-state index is -0.405. The first-order valence-corrected chi connectivity index (χ1v) is 7.35. The van der Waals surface area contributed by atoms with Crippen LogP contribution in [0.4, 0.5) is 5.69 Å². The third-order valence-corrected chi connectivity index (χ3v) is 3.37. The van der Waals surface area contributed by atoms with E-state index in [1.807, 2.05) is 61.5 Å². The maximum Gasteiger partial charge on any atom is 0.246 e. The molecule has 0 saturated heterocycles. The summed E-state index contributed by atoms with van der Waals surface area (Å²) in [6, 6.07) is 17.1. The molecular formula is C18H22N2O2. The van der Waals surface area contributed by atoms with Gasteiger partial charge >= 0.3 is 0 Å². The van der Waals surface area contributed by atoms with Crippen molar-refractivity contribution in [2.24, 2.45) is 0 Å². The van der Waals surface area contributed by atoms with Crippen molar-refractivity contribution in [1.82, 2.24) is 5.32 Å². The van der Waals surface area contributed by atoms with E-state index in [9.17, 15) is 4.79 Å². The van der Waals surface area contributed by atoms with E-state index in [1.54, 1.807) is 7.11 Å². The monoisotopic (exact) mass is 298 g/mol. The largest absolute Gasteiger partial charge is 0.383 e. The summed E-state index contributed by atoms with van der Waals surface area (Å²) >= 11 is 0. The summed E-state index contributed by atoms with van der Waals surface area (Å²) in [7, 11) is 1.64. The summed E-state index contributed by atoms with van der Waals surface area (Å²) in [5, 5.41) is 6.18. The third-order valence-electron chi connectivity index (χ3n) is 3.37. The molecule has 4 heteroatoms. The van der Waals surface area contributed by atoms with Crippen LogP contribution >= 0.6 is 0 Å². The number of rotatable bonds is 7. The van der Waals surface area contributed by atoms with Crippen LogP contribution in [0.3, 0.4) is 0 Å². The van der Waals surface area contributed by atoms with Crippen LogP contribution in [0, 0.1) is 6.92 Å². The first-order chi connectivity index (χ1) is 10.7. The van der Waals surface area contributed by atoms with Crippen molar-refractivity contribution >= 4 is 11.6 Å². The Balaban J connectivity index is 2.09. The Labute approximate surface area is 131 Å². The van der Waals surface area contributed by atoms with Crippen molar-refractivity contribution in [3.05, 3.63) is 65.7 Å². The fraction of sp³-hybridized carbons (Fsp3) is 0.278. The molecule has 116 valence electrons. The van der Waals surface area contributed by atoms with Gasteiger partial charge < -0.3 is 10.1 Å². The van der Waals surface area contributed by atoms with Gasteiger partial charge in [0.25, 0.3) is 0 Å². The van der Waals surface area contributed by atoms with Crippen LogP contribution in [0.2, 0.25) is 0 Å². The highest BCUT2D eigenvalue weighted by molar-refractivity contribution is 5.95. The standard InChI is InChI=1S/C18H22N2O2/c1-14-8-10-16(11-9-14)20-18(21)17(19-12-13-22-2)15-6-4-3-5-7-15/h3-11,17,19H,12-13H2,1-2H3,(H,20,21)/t17-/m0/s1. The van der Waals surface area contributed by atoms with E-state index in [0.29, 0.717) is 13.2 Å². The molecule has 1 amide bonds. The zero-order valence-electron chi connectivity index (χ0n) is 13.0. The normalized spacial score (nSPS) is 11.9. The number of aryl methyl sites for hydroxylation is 1. The van der Waals surface area contributed by atoms with E-state index in [4.69, 9.17) is 4.74 Å². The molecular weight excluding hydrogens is 276 g/mol. The molecule has 0 heterocycles. The Bertz CT molecular complexity index is 582. The van der Waals surface area contributed by atoms with Gasteiger partial charge in [0, 0.05) is 19.3 Å². The Hall–Kier alpha value is -2.17. The molecule has 2 N–H and O–H groups in total. The van der Waals surface area contributed by atoms with E-state index in [1.165, 1.54) is 0 Å². The fourth-order valence-corrected chi connectivity index (χ4v) is 2.16. The van der Waals surface area contributed by atoms with Crippen molar-refractivity contribution in [2.45, 2.75) is 13.0 Å². The summed E-state index contributed by atoms with van der Waals surface area (Å²) in [6.07, 6.45) is 0. The summed E-state index contributed by atoms with van der Waals surface area (Å²) < 4.78 is 5.05. The van der Waals surface area contributed by atoms with Crippen molar-refractivity contribution in [3.63, 3.8) is 0 Å². The highest BCUT2D eigenvalue weighted by Crippen LogP contribution is 2.16. The molecule has 2 rings (SSSR count). The van der Waals surface area contributed by atoms with Crippen molar-refractivity contribution in [1.29, 1.82) is 0 Å². The third kappa shape index (κ3) is 4.69. The topological polar surface area (TPSA) is 50.4 Å². The van der Waals surface area contributed by atoms with Crippen molar-refractivity contribution < 1.29 is 9.53 Å². The second-order valence-electron chi connectivity index (χ2n) is 5.15. The molecule has 0 aliphatic rings. The molecule has 22 heavy (non-hydrogen) atoms. The van der Waals surface area contributed by atoms with E-state index in [-0.39, 0.29) is 5.91 Å². The average molecular weight is 298 g/mol. The van der Waals surface area contributed by atoms with E-state index >= 15 is 0 Å². The molecule has 0 aromatic heterocycles. The molecule has 1 atom stereocenters. The quantitative estimate of drug-likeness (QED) is 0.773. The van der Waals surface area contributed by atoms with Crippen LogP contribution < -0.4 is 10.6 Å². The van der Waals surface area contributed by atoms with Crippen LogP contribution in [-0.4, -0.2) is 26.2 Å². The van der Waals surface area contributed by atoms with E-state index in [0.717, 1.165) is 16.8 Å². The van der Waals surface area contributed by atoms with Crippen LogP contribution in [0.25, 0.3) is 0 Å². The van der Waals surface area contributed by atoms with Crippen molar-refractivity contribution in [2.75, 3.05) is 25.6 Å². The smallest absolute Gasteiger partial charge is 0.246 e. The van der Waals surface area contributed by atoms with Gasteiger partial charge in [-0.05, 0) is 24.6 Å². The van der Waals surface area contributed by atoms with E-state index in [2.05, 4.69) is 10.6 Å². The number of carbonyl (C=O) groups excluding carboxylic acids is 1. The Morgan fingerprint density at radius 3 is 2.41 bits per heavy atom. The summed E-state index contributed by atoms with van der Waals surface area (Å²) in [4.78, 5) is 12.6. The Morgan fingerprint density at radius 1 is 1.09 bits per heavy atom. The number of benzene rings is 2. The number of hydrogen-bond acceptors (Lipinski definition) is 3. The molecule has 0 fully saturated rings. The first-order valence-electron chi connectivity index (χ1n) is 7.35. The average Bonchev–Trinajstić information content (AvgIpc) is 2.54. The lowest BCUT2D eigenvalue weighted by Gasteiger charge is -2.19. The molecule has 2 aromatic carbocycles. The molecule has 0 spiro atoms. The molecule has 2 aromatic rings. The lowest BCUT2D eigenvalue weighted by molar-refractivity contribution is -0.118. The molecule has 0 radical (unpaired) electrons. The molecule has 0 aliphatic heterocycles. The minimum absolute atomic E-state index is 0.0776. The van der Waals surface area contributed by atoms with Gasteiger partial charge in [-0.15, -0.1) is 0 Å². The van der Waals surface area contributed by atoms with Crippen LogP contribution in [0.1, 0.15) is 17.2 Å². The summed E-state index contributed by atoms with van der Waals surface area (Å²) in [6.45, 7) is 3.18. The molecule has 4 nitrogen and oxygen atoms in total. The van der Waals surface area contributed by atoms with Crippen LogP contribution in [0.5, 0.6) is 0 Å². The van der Waals surface area contributed by atoms with Gasteiger partial charge in [-0.3, -0.25) is 10.1 Å². The zero-order valence-corrected chi connectivity index (χ0v) is 13.0. The molecule has 0 aliphatic carbocycles.